The number of allylic oxidation sites excluding steroid dienone is 1. The number of nitrogens with two attached hydrogens (primary N) is 1. The van der Waals surface area contributed by atoms with E-state index in [1.165, 1.54) is 13.8 Å². The van der Waals surface area contributed by atoms with Crippen molar-refractivity contribution in [3.05, 3.63) is 80.8 Å². The highest BCUT2D eigenvalue weighted by atomic mass is 35.5. The van der Waals surface area contributed by atoms with Crippen LogP contribution in [0.5, 0.6) is 0 Å². The molecule has 0 aliphatic rings. The fraction of sp³-hybridized carbons (Fsp3) is 0.269. The van der Waals surface area contributed by atoms with E-state index in [0.717, 1.165) is 17.9 Å². The summed E-state index contributed by atoms with van der Waals surface area (Å²) in [4.78, 5) is 33.5. The van der Waals surface area contributed by atoms with E-state index >= 15 is 0 Å². The zero-order chi connectivity index (χ0) is 32.0. The molecule has 0 atom stereocenters. The lowest BCUT2D eigenvalue weighted by atomic mass is 10.1. The molecule has 15 heteroatoms. The number of nitrogens with one attached hydrogen (secondary N) is 1. The normalized spacial score (nSPS) is 12.2. The summed E-state index contributed by atoms with van der Waals surface area (Å²) in [5.41, 5.74) is 4.35. The van der Waals surface area contributed by atoms with E-state index in [0.29, 0.717) is 26.9 Å². The molecular formula is C26H32Cl2N4O7S2. The molecule has 41 heavy (non-hydrogen) atoms. The maximum atomic E-state index is 12.0. The van der Waals surface area contributed by atoms with Crippen LogP contribution in [0.2, 0.25) is 10.0 Å². The van der Waals surface area contributed by atoms with Crippen molar-refractivity contribution in [1.29, 1.82) is 0 Å². The van der Waals surface area contributed by atoms with Crippen LogP contribution in [0.1, 0.15) is 48.4 Å². The summed E-state index contributed by atoms with van der Waals surface area (Å²) in [5, 5.41) is 9.36. The van der Waals surface area contributed by atoms with E-state index in [9.17, 15) is 31.2 Å². The van der Waals surface area contributed by atoms with E-state index in [2.05, 4.69) is 15.6 Å². The number of halogens is 2. The van der Waals surface area contributed by atoms with Crippen LogP contribution >= 0.6 is 23.2 Å². The SMILES string of the molecule is CC(=NN)C(=O)c1ccc(Cl)cc1.CC(=NN/C(C)=C/S(C)(=O)=O)C(=O)c1ccc(Cl)cc1.CC(=O)CS(C)(=O)=O. The molecule has 0 aromatic heterocycles. The van der Waals surface area contributed by atoms with E-state index in [1.807, 2.05) is 0 Å². The fourth-order valence-electron chi connectivity index (χ4n) is 2.62. The van der Waals surface area contributed by atoms with Gasteiger partial charge in [0.2, 0.25) is 11.6 Å². The molecule has 0 bridgehead atoms. The zero-order valence-corrected chi connectivity index (χ0v) is 26.5. The molecule has 0 spiro atoms. The van der Waals surface area contributed by atoms with Crippen molar-refractivity contribution in [3.8, 4) is 0 Å². The van der Waals surface area contributed by atoms with Gasteiger partial charge in [-0.15, -0.1) is 0 Å². The lowest BCUT2D eigenvalue weighted by molar-refractivity contribution is -0.114. The van der Waals surface area contributed by atoms with Gasteiger partial charge in [0.1, 0.15) is 23.0 Å². The average Bonchev–Trinajstić information content (AvgIpc) is 2.85. The minimum Gasteiger partial charge on any atom is -0.323 e. The van der Waals surface area contributed by atoms with Crippen LogP contribution in [0.15, 0.2) is 69.8 Å². The van der Waals surface area contributed by atoms with Gasteiger partial charge in [-0.05, 0) is 76.2 Å². The average molecular weight is 648 g/mol. The maximum absolute atomic E-state index is 12.0. The predicted molar refractivity (Wildman–Crippen MR) is 164 cm³/mol. The highest BCUT2D eigenvalue weighted by Crippen LogP contribution is 2.11. The number of ketones is 3. The molecule has 0 aliphatic heterocycles. The van der Waals surface area contributed by atoms with Gasteiger partial charge in [0, 0.05) is 39.4 Å². The fourth-order valence-corrected chi connectivity index (χ4v) is 4.30. The van der Waals surface area contributed by atoms with Gasteiger partial charge in [-0.2, -0.15) is 10.2 Å². The molecule has 0 amide bonds. The molecule has 0 heterocycles. The van der Waals surface area contributed by atoms with Crippen molar-refractivity contribution in [1.82, 2.24) is 5.43 Å². The van der Waals surface area contributed by atoms with Gasteiger partial charge >= 0.3 is 0 Å². The predicted octanol–water partition coefficient (Wildman–Crippen LogP) is 3.87. The van der Waals surface area contributed by atoms with Gasteiger partial charge in [-0.25, -0.2) is 16.8 Å². The van der Waals surface area contributed by atoms with Crippen LogP contribution in [-0.2, 0) is 24.5 Å². The summed E-state index contributed by atoms with van der Waals surface area (Å²) < 4.78 is 42.5. The number of rotatable bonds is 9. The van der Waals surface area contributed by atoms with Crippen molar-refractivity contribution in [3.63, 3.8) is 0 Å². The van der Waals surface area contributed by atoms with E-state index in [1.54, 1.807) is 62.4 Å². The Labute approximate surface area is 250 Å². The minimum atomic E-state index is -3.24. The molecule has 2 rings (SSSR count). The number of benzene rings is 2. The number of hydrazone groups is 2. The molecule has 224 valence electrons. The van der Waals surface area contributed by atoms with Gasteiger partial charge in [0.15, 0.2) is 19.7 Å². The number of carbonyl (C=O) groups is 3. The van der Waals surface area contributed by atoms with Gasteiger partial charge in [-0.1, -0.05) is 23.2 Å². The van der Waals surface area contributed by atoms with Crippen molar-refractivity contribution in [2.24, 2.45) is 16.0 Å². The van der Waals surface area contributed by atoms with Crippen LogP contribution in [0.3, 0.4) is 0 Å². The molecule has 11 nitrogen and oxygen atoms in total. The highest BCUT2D eigenvalue weighted by Gasteiger charge is 2.10. The van der Waals surface area contributed by atoms with Crippen molar-refractivity contribution in [2.45, 2.75) is 27.7 Å². The van der Waals surface area contributed by atoms with Gasteiger partial charge in [0.25, 0.3) is 0 Å². The second-order valence-electron chi connectivity index (χ2n) is 8.60. The summed E-state index contributed by atoms with van der Waals surface area (Å²) in [6.45, 7) is 5.90. The third-order valence-corrected chi connectivity index (χ3v) is 6.54. The second kappa shape index (κ2) is 17.4. The van der Waals surface area contributed by atoms with Crippen molar-refractivity contribution < 1.29 is 31.2 Å². The Hall–Kier alpha value is -3.39. The summed E-state index contributed by atoms with van der Waals surface area (Å²) in [7, 11) is -6.31. The van der Waals surface area contributed by atoms with E-state index in [4.69, 9.17) is 29.0 Å². The molecule has 0 unspecified atom stereocenters. The third-order valence-electron chi connectivity index (χ3n) is 4.32. The van der Waals surface area contributed by atoms with Crippen molar-refractivity contribution >= 4 is 71.6 Å². The standard InChI is InChI=1S/C13H15ClN2O3S.C9H9ClN2O.C4H8O3S/c1-9(8-20(3,18)19)15-16-10(2)13(17)11-4-6-12(14)7-5-11;1-6(12-11)9(13)7-2-4-8(10)5-3-7;1-4(5)3-8(2,6)7/h4-8,15H,1-3H3;2-5H,11H2,1H3;3H2,1-2H3/b9-8+,16-10?;;. The Morgan fingerprint density at radius 1 is 0.780 bits per heavy atom. The number of sulfone groups is 2. The first-order valence-corrected chi connectivity index (χ1v) is 16.2. The van der Waals surface area contributed by atoms with Crippen molar-refractivity contribution in [2.75, 3.05) is 18.3 Å². The number of hydrogen-bond acceptors (Lipinski definition) is 11. The van der Waals surface area contributed by atoms with Gasteiger partial charge in [0.05, 0.1) is 5.41 Å². The quantitative estimate of drug-likeness (QED) is 0.177. The largest absolute Gasteiger partial charge is 0.323 e. The Balaban J connectivity index is 0.000000652. The highest BCUT2D eigenvalue weighted by molar-refractivity contribution is 7.93. The summed E-state index contributed by atoms with van der Waals surface area (Å²) >= 11 is 11.4. The number of hydrogen-bond donors (Lipinski definition) is 2. The first-order valence-electron chi connectivity index (χ1n) is 11.5. The molecule has 3 N–H and O–H groups in total. The maximum Gasteiger partial charge on any atom is 0.208 e. The Bertz CT molecular complexity index is 1530. The van der Waals surface area contributed by atoms with E-state index in [-0.39, 0.29) is 34.5 Å². The second-order valence-corrected chi connectivity index (χ2v) is 13.5. The first kappa shape index (κ1) is 37.6. The third kappa shape index (κ3) is 17.8. The number of carbonyl (C=O) groups excluding carboxylic acids is 3. The number of Topliss-reactive ketones (excluding diaryl/α,β-unsaturated/α-hetero) is 3. The molecule has 0 saturated carbocycles. The first-order chi connectivity index (χ1) is 18.8. The molecule has 0 fully saturated rings. The minimum absolute atomic E-state index is 0.181. The van der Waals surface area contributed by atoms with Crippen LogP contribution in [0, 0.1) is 0 Å². The molecule has 2 aromatic rings. The summed E-state index contributed by atoms with van der Waals surface area (Å²) in [5.74, 6) is 3.88. The lowest BCUT2D eigenvalue weighted by Gasteiger charge is -2.03. The van der Waals surface area contributed by atoms with Crippen LogP contribution in [0.4, 0.5) is 0 Å². The monoisotopic (exact) mass is 646 g/mol. The zero-order valence-electron chi connectivity index (χ0n) is 23.3. The van der Waals surface area contributed by atoms with Crippen LogP contribution in [0.25, 0.3) is 0 Å². The topological polar surface area (TPSA) is 182 Å². The Morgan fingerprint density at radius 2 is 1.17 bits per heavy atom. The molecule has 0 aliphatic carbocycles. The lowest BCUT2D eigenvalue weighted by Crippen LogP contribution is -2.15. The summed E-state index contributed by atoms with van der Waals surface area (Å²) in [6, 6.07) is 13.0. The Morgan fingerprint density at radius 3 is 1.46 bits per heavy atom. The number of nitrogens with zero attached hydrogens (tertiary/aromatic N) is 2. The van der Waals surface area contributed by atoms with Crippen LogP contribution < -0.4 is 11.3 Å². The van der Waals surface area contributed by atoms with E-state index < -0.39 is 19.7 Å². The van der Waals surface area contributed by atoms with Crippen LogP contribution in [-0.4, -0.2) is 63.9 Å². The Kier molecular flexibility index (Phi) is 16.0. The molecule has 2 aromatic carbocycles. The molecular weight excluding hydrogens is 615 g/mol. The smallest absolute Gasteiger partial charge is 0.208 e. The molecule has 0 radical (unpaired) electrons. The van der Waals surface area contributed by atoms with Gasteiger partial charge in [-0.3, -0.25) is 19.8 Å². The summed E-state index contributed by atoms with van der Waals surface area (Å²) in [6.07, 6.45) is 2.11. The molecule has 0 saturated heterocycles. The van der Waals surface area contributed by atoms with Gasteiger partial charge < -0.3 is 5.84 Å².